The van der Waals surface area contributed by atoms with Crippen molar-refractivity contribution in [3.05, 3.63) is 0 Å². The van der Waals surface area contributed by atoms with Crippen LogP contribution < -0.4 is 153 Å². The van der Waals surface area contributed by atoms with Gasteiger partial charge in [-0.15, -0.1) is 54.6 Å². The monoisotopic (exact) mass is 909 g/mol. The third-order valence-electron chi connectivity index (χ3n) is 21.0. The second-order valence-electron chi connectivity index (χ2n) is 23.5. The molecule has 322 valence electrons. The molecule has 0 aliphatic carbocycles. The maximum Gasteiger partial charge on any atom is 0.143 e. The van der Waals surface area contributed by atoms with E-state index in [-0.39, 0.29) is 0 Å². The van der Waals surface area contributed by atoms with E-state index in [0.717, 1.165) is 11.2 Å². The summed E-state index contributed by atoms with van der Waals surface area (Å²) in [5.74, 6) is 0. The summed E-state index contributed by atoms with van der Waals surface area (Å²) < 4.78 is 6.95. The summed E-state index contributed by atoms with van der Waals surface area (Å²) in [4.78, 5) is 0. The predicted molar refractivity (Wildman–Crippen MR) is 419 cm³/mol. The highest BCUT2D eigenvalue weighted by Crippen LogP contribution is 2.41. The molecular weight excluding hydrogens is 847 g/mol. The first kappa shape index (κ1) is 53.7. The van der Waals surface area contributed by atoms with Crippen LogP contribution in [0.2, 0.25) is 0 Å². The highest BCUT2D eigenvalue weighted by Gasteiger charge is 2.32. The van der Waals surface area contributed by atoms with Gasteiger partial charge in [0.05, 0.1) is 0 Å². The van der Waals surface area contributed by atoms with Crippen LogP contribution in [0.5, 0.6) is 0 Å². The van der Waals surface area contributed by atoms with Crippen molar-refractivity contribution in [1.82, 2.24) is 0 Å². The molecule has 0 spiro atoms. The molecule has 0 atom stereocenters. The minimum absolute atomic E-state index is 1.03. The standard InChI is InChI=1S/C44H56B28O/c45-15-11(28(58)41(71)43-13(15)14-29(59)38(68)40(70)42(72)44(14)73-43)12-24(54)22(52)9(23(53)25(12)55)2-6-3(16(46)30(60)33(63)19(6)49)1(4-7(2)20(50)34(64)31(61)17(4)47)5-8(21(51)35(65)32(62)18(5)48)10-26(56)36(66)39(69)37(67)27(10)57/h45-72H2. The van der Waals surface area contributed by atoms with Gasteiger partial charge in [-0.25, -0.2) is 0 Å². The number of hydrogen-bond donors (Lipinski definition) is 0. The molecular formula is C44H56B28O. The molecule has 9 aromatic rings. The lowest BCUT2D eigenvalue weighted by Gasteiger charge is -2.33. The van der Waals surface area contributed by atoms with Gasteiger partial charge >= 0.3 is 0 Å². The van der Waals surface area contributed by atoms with Crippen LogP contribution in [0.25, 0.3) is 88.0 Å². The Morgan fingerprint density at radius 2 is 0.288 bits per heavy atom. The maximum absolute atomic E-state index is 6.95. The van der Waals surface area contributed by atoms with Gasteiger partial charge in [0.25, 0.3) is 0 Å². The van der Waals surface area contributed by atoms with Gasteiger partial charge in [-0.1, -0.05) is 98.3 Å². The quantitative estimate of drug-likeness (QED) is 0.127. The largest absolute Gasteiger partial charge is 0.457 e. The van der Waals surface area contributed by atoms with Crippen LogP contribution in [0.15, 0.2) is 4.42 Å². The normalized spacial score (nSPS) is 11.7. The fourth-order valence-corrected chi connectivity index (χ4v) is 14.2. The van der Waals surface area contributed by atoms with Crippen LogP contribution in [-0.4, -0.2) is 220 Å². The van der Waals surface area contributed by atoms with Crippen LogP contribution in [0.3, 0.4) is 0 Å². The van der Waals surface area contributed by atoms with Crippen molar-refractivity contribution in [2.45, 2.75) is 0 Å². The van der Waals surface area contributed by atoms with E-state index in [1.807, 2.05) is 0 Å². The molecule has 8 aromatic carbocycles. The second kappa shape index (κ2) is 18.3. The molecule has 0 fully saturated rings. The van der Waals surface area contributed by atoms with E-state index in [9.17, 15) is 0 Å². The van der Waals surface area contributed by atoms with Crippen molar-refractivity contribution >= 4 is 416 Å². The Labute approximate surface area is 461 Å². The molecule has 0 unspecified atom stereocenters. The summed E-state index contributed by atoms with van der Waals surface area (Å²) in [5, 5.41) is 8.18. The van der Waals surface area contributed by atoms with Gasteiger partial charge in [-0.3, -0.25) is 0 Å². The van der Waals surface area contributed by atoms with Crippen molar-refractivity contribution in [2.75, 3.05) is 0 Å². The lowest BCUT2D eigenvalue weighted by Crippen LogP contribution is -2.57. The summed E-state index contributed by atoms with van der Waals surface area (Å²) in [6.07, 6.45) is 0. The topological polar surface area (TPSA) is 13.1 Å². The third kappa shape index (κ3) is 7.09. The van der Waals surface area contributed by atoms with E-state index < -0.39 is 0 Å². The van der Waals surface area contributed by atoms with Crippen LogP contribution in [0, 0.1) is 0 Å². The minimum atomic E-state index is 1.03. The first-order valence-corrected chi connectivity index (χ1v) is 27.2. The molecule has 0 bridgehead atoms. The number of hydrogen-bond acceptors (Lipinski definition) is 1. The number of benzene rings is 8. The van der Waals surface area contributed by atoms with Crippen LogP contribution in [-0.2, 0) is 0 Å². The molecule has 73 heavy (non-hydrogen) atoms. The fourth-order valence-electron chi connectivity index (χ4n) is 14.2. The van der Waals surface area contributed by atoms with Gasteiger partial charge in [-0.2, -0.15) is 0 Å². The molecule has 0 radical (unpaired) electrons. The second-order valence-corrected chi connectivity index (χ2v) is 23.5. The zero-order chi connectivity index (χ0) is 54.1. The molecule has 1 heterocycles. The van der Waals surface area contributed by atoms with E-state index in [1.54, 1.807) is 0 Å². The van der Waals surface area contributed by atoms with Gasteiger partial charge in [0, 0.05) is 10.8 Å². The molecule has 0 aliphatic rings. The fraction of sp³-hybridized carbons (Fsp3) is 0. The van der Waals surface area contributed by atoms with Gasteiger partial charge in [0.15, 0.2) is 0 Å². The summed E-state index contributed by atoms with van der Waals surface area (Å²) >= 11 is 0. The summed E-state index contributed by atoms with van der Waals surface area (Å²) in [6, 6.07) is 0. The maximum atomic E-state index is 6.95. The Bertz CT molecular complexity index is 3980. The molecule has 0 amide bonds. The van der Waals surface area contributed by atoms with Gasteiger partial charge in [0.2, 0.25) is 0 Å². The van der Waals surface area contributed by atoms with E-state index in [1.165, 1.54) is 230 Å². The first-order valence-electron chi connectivity index (χ1n) is 27.2. The minimum Gasteiger partial charge on any atom is -0.457 e. The zero-order valence-electron chi connectivity index (χ0n) is 50.4. The van der Waals surface area contributed by atoms with Crippen molar-refractivity contribution in [3.63, 3.8) is 0 Å². The smallest absolute Gasteiger partial charge is 0.143 e. The summed E-state index contributed by atoms with van der Waals surface area (Å²) in [7, 11) is 66.3. The molecule has 0 aliphatic heterocycles. The SMILES string of the molecule is Bc1c(B)c(B)c(-c2c(B)c(B)c(B)c(B)c2-c2c3c(B)c(B)c(B)c(B)c3c(-c3c(B)c(B)c(-c4c(B)c(B)c5oc6c(B)c(B)c(B)c(B)c6c5c4B)c(B)c3B)c3c(B)c(B)c(B)c(B)c23)c(B)c1B. The zero-order valence-corrected chi connectivity index (χ0v) is 50.4. The van der Waals surface area contributed by atoms with Crippen molar-refractivity contribution in [3.8, 4) is 44.5 Å². The molecule has 0 saturated heterocycles. The Morgan fingerprint density at radius 3 is 0.644 bits per heavy atom. The molecule has 0 saturated carbocycles. The van der Waals surface area contributed by atoms with Crippen molar-refractivity contribution in [2.24, 2.45) is 0 Å². The van der Waals surface area contributed by atoms with E-state index in [0.29, 0.717) is 0 Å². The molecule has 9 rings (SSSR count). The third-order valence-corrected chi connectivity index (χ3v) is 21.0. The van der Waals surface area contributed by atoms with Gasteiger partial charge < -0.3 is 4.42 Å². The number of rotatable bonds is 4. The molecule has 1 aromatic heterocycles. The van der Waals surface area contributed by atoms with Gasteiger partial charge in [0.1, 0.15) is 231 Å². The van der Waals surface area contributed by atoms with E-state index >= 15 is 0 Å². The van der Waals surface area contributed by atoms with Crippen LogP contribution in [0.1, 0.15) is 0 Å². The van der Waals surface area contributed by atoms with Crippen LogP contribution >= 0.6 is 0 Å². The molecule has 29 heteroatoms. The Balaban J connectivity index is 1.54. The molecule has 1 nitrogen and oxygen atoms in total. The first-order chi connectivity index (χ1) is 34.0. The summed E-state index contributed by atoms with van der Waals surface area (Å²) in [5.41, 5.74) is 51.4. The Hall–Kier alpha value is -4.10. The Morgan fingerprint density at radius 1 is 0.123 bits per heavy atom. The lowest BCUT2D eigenvalue weighted by atomic mass is 9.54. The number of fused-ring (bicyclic) bond motifs is 5. The van der Waals surface area contributed by atoms with E-state index in [4.69, 9.17) is 4.42 Å². The lowest BCUT2D eigenvalue weighted by molar-refractivity contribution is 0.675. The summed E-state index contributed by atoms with van der Waals surface area (Å²) in [6.45, 7) is 0. The van der Waals surface area contributed by atoms with Crippen molar-refractivity contribution < 1.29 is 4.42 Å². The highest BCUT2D eigenvalue weighted by molar-refractivity contribution is 6.77. The average molecular weight is 904 g/mol. The predicted octanol–water partition coefficient (Wildman–Crippen LogP) is -36.2. The van der Waals surface area contributed by atoms with Crippen LogP contribution in [0.4, 0.5) is 0 Å². The average Bonchev–Trinajstić information content (AvgIpc) is 3.78. The van der Waals surface area contributed by atoms with Gasteiger partial charge in [-0.05, 0) is 66.1 Å². The highest BCUT2D eigenvalue weighted by atomic mass is 16.3. The van der Waals surface area contributed by atoms with Crippen molar-refractivity contribution in [1.29, 1.82) is 0 Å². The molecule has 0 N–H and O–H groups in total. The Kier molecular flexibility index (Phi) is 13.5. The number of furan rings is 1. The van der Waals surface area contributed by atoms with E-state index in [2.05, 4.69) is 220 Å².